The van der Waals surface area contributed by atoms with Crippen molar-refractivity contribution in [2.45, 2.75) is 10.6 Å². The Morgan fingerprint density at radius 3 is 3.00 bits per heavy atom. The number of hydrogen-bond donors (Lipinski definition) is 1. The molecule has 2 heterocycles. The molecule has 0 spiro atoms. The van der Waals surface area contributed by atoms with E-state index in [-0.39, 0.29) is 0 Å². The van der Waals surface area contributed by atoms with Crippen molar-refractivity contribution in [3.8, 4) is 0 Å². The number of aromatic amines is 1. The van der Waals surface area contributed by atoms with Gasteiger partial charge >= 0.3 is 0 Å². The summed E-state index contributed by atoms with van der Waals surface area (Å²) in [5, 5.41) is 0. The molecule has 2 aromatic heterocycles. The van der Waals surface area contributed by atoms with E-state index in [4.69, 9.17) is 0 Å². The highest BCUT2D eigenvalue weighted by atomic mass is 79.9. The SMILES string of the molecule is Fc1cc(SCc2nc3ccc(Br)cc3[nH]2)ccn1. The second-order valence-corrected chi connectivity index (χ2v) is 5.91. The van der Waals surface area contributed by atoms with Gasteiger partial charge < -0.3 is 4.98 Å². The summed E-state index contributed by atoms with van der Waals surface area (Å²) < 4.78 is 14.0. The second kappa shape index (κ2) is 5.30. The number of hydrogen-bond acceptors (Lipinski definition) is 3. The molecule has 0 unspecified atom stereocenters. The molecule has 0 radical (unpaired) electrons. The van der Waals surface area contributed by atoms with E-state index in [1.807, 2.05) is 18.2 Å². The van der Waals surface area contributed by atoms with Crippen LogP contribution in [0.15, 0.2) is 45.9 Å². The Bertz CT molecular complexity index is 729. The Morgan fingerprint density at radius 1 is 1.26 bits per heavy atom. The van der Waals surface area contributed by atoms with E-state index in [9.17, 15) is 4.39 Å². The van der Waals surface area contributed by atoms with Crippen molar-refractivity contribution in [3.63, 3.8) is 0 Å². The van der Waals surface area contributed by atoms with Crippen molar-refractivity contribution in [1.82, 2.24) is 15.0 Å². The molecule has 0 atom stereocenters. The van der Waals surface area contributed by atoms with E-state index < -0.39 is 5.95 Å². The van der Waals surface area contributed by atoms with Crippen LogP contribution < -0.4 is 0 Å². The summed E-state index contributed by atoms with van der Waals surface area (Å²) in [6.45, 7) is 0. The average Bonchev–Trinajstić information content (AvgIpc) is 2.78. The van der Waals surface area contributed by atoms with Gasteiger partial charge in [-0.15, -0.1) is 11.8 Å². The lowest BCUT2D eigenvalue weighted by molar-refractivity contribution is 0.579. The van der Waals surface area contributed by atoms with Crippen molar-refractivity contribution >= 4 is 38.7 Å². The van der Waals surface area contributed by atoms with Crippen molar-refractivity contribution in [1.29, 1.82) is 0 Å². The van der Waals surface area contributed by atoms with Gasteiger partial charge in [0.15, 0.2) is 0 Å². The van der Waals surface area contributed by atoms with Gasteiger partial charge in [0.1, 0.15) is 5.82 Å². The predicted molar refractivity (Wildman–Crippen MR) is 77.5 cm³/mol. The lowest BCUT2D eigenvalue weighted by atomic mass is 10.3. The molecule has 0 fully saturated rings. The van der Waals surface area contributed by atoms with E-state index in [0.717, 1.165) is 26.2 Å². The first kappa shape index (κ1) is 12.6. The molecule has 0 saturated heterocycles. The van der Waals surface area contributed by atoms with Gasteiger partial charge in [-0.3, -0.25) is 0 Å². The van der Waals surface area contributed by atoms with Gasteiger partial charge in [-0.05, 0) is 24.3 Å². The van der Waals surface area contributed by atoms with E-state index >= 15 is 0 Å². The van der Waals surface area contributed by atoms with Crippen LogP contribution >= 0.6 is 27.7 Å². The van der Waals surface area contributed by atoms with Crippen LogP contribution in [-0.2, 0) is 5.75 Å². The number of thioether (sulfide) groups is 1. The van der Waals surface area contributed by atoms with Crippen LogP contribution in [0, 0.1) is 5.95 Å². The highest BCUT2D eigenvalue weighted by Crippen LogP contribution is 2.24. The summed E-state index contributed by atoms with van der Waals surface area (Å²) in [7, 11) is 0. The molecule has 3 rings (SSSR count). The second-order valence-electron chi connectivity index (χ2n) is 3.95. The summed E-state index contributed by atoms with van der Waals surface area (Å²) in [5.41, 5.74) is 1.92. The Balaban J connectivity index is 1.78. The van der Waals surface area contributed by atoms with Crippen molar-refractivity contribution in [2.24, 2.45) is 0 Å². The fraction of sp³-hybridized carbons (Fsp3) is 0.0769. The minimum atomic E-state index is -0.460. The number of H-pyrrole nitrogens is 1. The molecule has 1 aromatic carbocycles. The smallest absolute Gasteiger partial charge is 0.213 e. The fourth-order valence-corrected chi connectivity index (χ4v) is 2.87. The predicted octanol–water partition coefficient (Wildman–Crippen LogP) is 4.15. The number of nitrogens with zero attached hydrogens (tertiary/aromatic N) is 2. The van der Waals surface area contributed by atoms with Crippen molar-refractivity contribution in [2.75, 3.05) is 0 Å². The van der Waals surface area contributed by atoms with Gasteiger partial charge in [-0.25, -0.2) is 9.97 Å². The maximum atomic E-state index is 13.0. The van der Waals surface area contributed by atoms with Crippen LogP contribution in [-0.4, -0.2) is 15.0 Å². The lowest BCUT2D eigenvalue weighted by Gasteiger charge is -1.98. The number of benzene rings is 1. The fourth-order valence-electron chi connectivity index (χ4n) is 1.73. The molecule has 0 saturated carbocycles. The number of fused-ring (bicyclic) bond motifs is 1. The van der Waals surface area contributed by atoms with Gasteiger partial charge in [0.2, 0.25) is 5.95 Å². The number of nitrogens with one attached hydrogen (secondary N) is 1. The third-order valence-corrected chi connectivity index (χ3v) is 4.06. The molecule has 96 valence electrons. The van der Waals surface area contributed by atoms with E-state index in [0.29, 0.717) is 5.75 Å². The average molecular weight is 338 g/mol. The molecule has 0 aliphatic carbocycles. The van der Waals surface area contributed by atoms with Gasteiger partial charge in [-0.2, -0.15) is 4.39 Å². The molecule has 0 amide bonds. The maximum Gasteiger partial charge on any atom is 0.213 e. The summed E-state index contributed by atoms with van der Waals surface area (Å²) >= 11 is 4.95. The highest BCUT2D eigenvalue weighted by Gasteiger charge is 2.04. The Kier molecular flexibility index (Phi) is 3.52. The van der Waals surface area contributed by atoms with Gasteiger partial charge in [0, 0.05) is 21.6 Å². The monoisotopic (exact) mass is 337 g/mol. The standard InChI is InChI=1S/C13H9BrFN3S/c14-8-1-2-10-11(5-8)18-13(17-10)7-19-9-3-4-16-12(15)6-9/h1-6H,7H2,(H,17,18). The molecule has 0 aliphatic heterocycles. The minimum Gasteiger partial charge on any atom is -0.341 e. The number of rotatable bonds is 3. The van der Waals surface area contributed by atoms with Crippen LogP contribution in [0.25, 0.3) is 11.0 Å². The molecule has 19 heavy (non-hydrogen) atoms. The largest absolute Gasteiger partial charge is 0.341 e. The number of pyridine rings is 1. The highest BCUT2D eigenvalue weighted by molar-refractivity contribution is 9.10. The summed E-state index contributed by atoms with van der Waals surface area (Å²) in [6, 6.07) is 9.11. The topological polar surface area (TPSA) is 41.6 Å². The Labute approximate surface area is 121 Å². The summed E-state index contributed by atoms with van der Waals surface area (Å²) in [4.78, 5) is 12.1. The number of aromatic nitrogens is 3. The molecular weight excluding hydrogens is 329 g/mol. The minimum absolute atomic E-state index is 0.460. The van der Waals surface area contributed by atoms with Crippen molar-refractivity contribution < 1.29 is 4.39 Å². The first-order valence-corrected chi connectivity index (χ1v) is 7.37. The molecule has 3 aromatic rings. The van der Waals surface area contributed by atoms with Gasteiger partial charge in [0.05, 0.1) is 16.8 Å². The van der Waals surface area contributed by atoms with E-state index in [1.54, 1.807) is 6.07 Å². The normalized spacial score (nSPS) is 11.1. The molecule has 0 aliphatic rings. The Hall–Kier alpha value is -1.40. The first-order chi connectivity index (χ1) is 9.20. The molecule has 3 nitrogen and oxygen atoms in total. The van der Waals surface area contributed by atoms with Gasteiger partial charge in [-0.1, -0.05) is 15.9 Å². The quantitative estimate of drug-likeness (QED) is 0.576. The zero-order valence-electron chi connectivity index (χ0n) is 9.73. The molecular formula is C13H9BrFN3S. The van der Waals surface area contributed by atoms with Crippen molar-refractivity contribution in [3.05, 3.63) is 52.8 Å². The molecule has 0 bridgehead atoms. The first-order valence-electron chi connectivity index (χ1n) is 5.59. The van der Waals surface area contributed by atoms with Crippen LogP contribution in [0.4, 0.5) is 4.39 Å². The van der Waals surface area contributed by atoms with Gasteiger partial charge in [0.25, 0.3) is 0 Å². The number of halogens is 2. The van der Waals surface area contributed by atoms with E-state index in [1.165, 1.54) is 24.0 Å². The maximum absolute atomic E-state index is 13.0. The Morgan fingerprint density at radius 2 is 2.16 bits per heavy atom. The zero-order chi connectivity index (χ0) is 13.2. The van der Waals surface area contributed by atoms with Crippen LogP contribution in [0.3, 0.4) is 0 Å². The van der Waals surface area contributed by atoms with Crippen LogP contribution in [0.1, 0.15) is 5.82 Å². The third-order valence-electron chi connectivity index (χ3n) is 2.57. The van der Waals surface area contributed by atoms with E-state index in [2.05, 4.69) is 30.9 Å². The molecule has 1 N–H and O–H groups in total. The zero-order valence-corrected chi connectivity index (χ0v) is 12.1. The number of imidazole rings is 1. The molecule has 6 heteroatoms. The van der Waals surface area contributed by atoms with Crippen LogP contribution in [0.2, 0.25) is 0 Å². The third kappa shape index (κ3) is 2.96. The summed E-state index contributed by atoms with van der Waals surface area (Å²) in [5.74, 6) is 1.07. The van der Waals surface area contributed by atoms with Crippen LogP contribution in [0.5, 0.6) is 0 Å². The lowest BCUT2D eigenvalue weighted by Crippen LogP contribution is -1.85. The summed E-state index contributed by atoms with van der Waals surface area (Å²) in [6.07, 6.45) is 1.47.